The molecule has 1 saturated heterocycles. The Kier molecular flexibility index (Phi) is 4.29. The number of rotatable bonds is 3. The van der Waals surface area contributed by atoms with Gasteiger partial charge in [0.05, 0.1) is 0 Å². The Bertz CT molecular complexity index is 514. The molecule has 3 heteroatoms. The molecule has 21 heavy (non-hydrogen) atoms. The molecule has 0 spiro atoms. The van der Waals surface area contributed by atoms with E-state index in [1.807, 2.05) is 11.0 Å². The molecule has 2 unspecified atom stereocenters. The lowest BCUT2D eigenvalue weighted by atomic mass is 9.98. The molecule has 1 amide bonds. The first-order valence-electron chi connectivity index (χ1n) is 8.27. The Morgan fingerprint density at radius 1 is 1.29 bits per heavy atom. The third kappa shape index (κ3) is 2.98. The van der Waals surface area contributed by atoms with Gasteiger partial charge in [-0.1, -0.05) is 24.6 Å². The van der Waals surface area contributed by atoms with Crippen LogP contribution >= 0.6 is 0 Å². The van der Waals surface area contributed by atoms with Crippen molar-refractivity contribution >= 4 is 11.6 Å². The van der Waals surface area contributed by atoms with Crippen LogP contribution in [0.5, 0.6) is 0 Å². The molecule has 2 aliphatic heterocycles. The van der Waals surface area contributed by atoms with Gasteiger partial charge in [0.25, 0.3) is 0 Å². The molecule has 1 fully saturated rings. The smallest absolute Gasteiger partial charge is 0.227 e. The summed E-state index contributed by atoms with van der Waals surface area (Å²) in [5.41, 5.74) is 2.44. The zero-order valence-corrected chi connectivity index (χ0v) is 13.2. The fourth-order valence-electron chi connectivity index (χ4n) is 3.86. The highest BCUT2D eigenvalue weighted by Crippen LogP contribution is 2.32. The Morgan fingerprint density at radius 2 is 2.10 bits per heavy atom. The van der Waals surface area contributed by atoms with Crippen LogP contribution in [-0.4, -0.2) is 36.5 Å². The lowest BCUT2D eigenvalue weighted by Crippen LogP contribution is -2.39. The number of carbonyl (C=O) groups excluding carboxylic acids is 1. The maximum absolute atomic E-state index is 12.7. The molecule has 0 saturated carbocycles. The van der Waals surface area contributed by atoms with Crippen molar-refractivity contribution in [2.75, 3.05) is 18.5 Å². The van der Waals surface area contributed by atoms with Crippen molar-refractivity contribution in [2.45, 2.75) is 57.5 Å². The molecule has 0 radical (unpaired) electrons. The van der Waals surface area contributed by atoms with E-state index in [1.54, 1.807) is 0 Å². The fourth-order valence-corrected chi connectivity index (χ4v) is 3.86. The highest BCUT2D eigenvalue weighted by atomic mass is 16.2. The summed E-state index contributed by atoms with van der Waals surface area (Å²) in [6.07, 6.45) is 6.53. The zero-order chi connectivity index (χ0) is 14.8. The van der Waals surface area contributed by atoms with Gasteiger partial charge in [-0.15, -0.1) is 0 Å². The average molecular weight is 286 g/mol. The van der Waals surface area contributed by atoms with Gasteiger partial charge >= 0.3 is 0 Å². The predicted octanol–water partition coefficient (Wildman–Crippen LogP) is 3.23. The Hall–Kier alpha value is -1.35. The minimum absolute atomic E-state index is 0.298. The zero-order valence-electron chi connectivity index (χ0n) is 13.2. The highest BCUT2D eigenvalue weighted by molar-refractivity contribution is 5.96. The van der Waals surface area contributed by atoms with E-state index in [2.05, 4.69) is 37.1 Å². The molecule has 0 aliphatic carbocycles. The second kappa shape index (κ2) is 6.18. The van der Waals surface area contributed by atoms with Crippen molar-refractivity contribution < 1.29 is 4.79 Å². The SMILES string of the molecule is CC1Cc2ccccc2N1C(=O)CCC1CCCCN1C. The Labute approximate surface area is 127 Å². The van der Waals surface area contributed by atoms with Crippen molar-refractivity contribution in [3.05, 3.63) is 29.8 Å². The van der Waals surface area contributed by atoms with Crippen molar-refractivity contribution in [1.82, 2.24) is 4.90 Å². The summed E-state index contributed by atoms with van der Waals surface area (Å²) in [7, 11) is 2.20. The lowest BCUT2D eigenvalue weighted by molar-refractivity contribution is -0.119. The van der Waals surface area contributed by atoms with Gasteiger partial charge in [-0.25, -0.2) is 0 Å². The van der Waals surface area contributed by atoms with Gasteiger partial charge in [-0.3, -0.25) is 4.79 Å². The molecule has 0 aromatic heterocycles. The first-order valence-corrected chi connectivity index (χ1v) is 8.27. The first-order chi connectivity index (χ1) is 10.2. The fraction of sp³-hybridized carbons (Fsp3) is 0.611. The summed E-state index contributed by atoms with van der Waals surface area (Å²) in [6, 6.07) is 9.23. The minimum Gasteiger partial charge on any atom is -0.309 e. The molecule has 2 atom stereocenters. The van der Waals surface area contributed by atoms with Crippen LogP contribution in [0.2, 0.25) is 0 Å². The maximum atomic E-state index is 12.7. The highest BCUT2D eigenvalue weighted by Gasteiger charge is 2.31. The van der Waals surface area contributed by atoms with Crippen LogP contribution in [0.3, 0.4) is 0 Å². The van der Waals surface area contributed by atoms with E-state index in [9.17, 15) is 4.79 Å². The van der Waals surface area contributed by atoms with Crippen LogP contribution in [0.15, 0.2) is 24.3 Å². The molecule has 3 nitrogen and oxygen atoms in total. The predicted molar refractivity (Wildman–Crippen MR) is 86.6 cm³/mol. The van der Waals surface area contributed by atoms with E-state index in [-0.39, 0.29) is 0 Å². The number of carbonyl (C=O) groups is 1. The standard InChI is InChI=1S/C18H26N2O/c1-14-13-15-7-3-4-9-17(15)20(14)18(21)11-10-16-8-5-6-12-19(16)2/h3-4,7,9,14,16H,5-6,8,10-13H2,1-2H3. The van der Waals surface area contributed by atoms with Crippen LogP contribution in [0, 0.1) is 0 Å². The third-order valence-corrected chi connectivity index (χ3v) is 5.09. The van der Waals surface area contributed by atoms with Crippen molar-refractivity contribution in [3.8, 4) is 0 Å². The van der Waals surface area contributed by atoms with E-state index in [0.29, 0.717) is 24.4 Å². The van der Waals surface area contributed by atoms with E-state index in [0.717, 1.165) is 18.5 Å². The number of nitrogens with zero attached hydrogens (tertiary/aromatic N) is 2. The van der Waals surface area contributed by atoms with Gasteiger partial charge in [0.15, 0.2) is 0 Å². The van der Waals surface area contributed by atoms with E-state index >= 15 is 0 Å². The number of piperidine rings is 1. The summed E-state index contributed by atoms with van der Waals surface area (Å²) in [5.74, 6) is 0.298. The van der Waals surface area contributed by atoms with Crippen molar-refractivity contribution in [1.29, 1.82) is 0 Å². The number of fused-ring (bicyclic) bond motifs is 1. The number of amides is 1. The van der Waals surface area contributed by atoms with Crippen LogP contribution < -0.4 is 4.90 Å². The van der Waals surface area contributed by atoms with E-state index in [1.165, 1.54) is 31.4 Å². The largest absolute Gasteiger partial charge is 0.309 e. The summed E-state index contributed by atoms with van der Waals surface area (Å²) in [6.45, 7) is 3.34. The lowest BCUT2D eigenvalue weighted by Gasteiger charge is -2.33. The molecule has 0 bridgehead atoms. The number of likely N-dealkylation sites (tertiary alicyclic amines) is 1. The van der Waals surface area contributed by atoms with Crippen molar-refractivity contribution in [3.63, 3.8) is 0 Å². The van der Waals surface area contributed by atoms with Gasteiger partial charge in [-0.2, -0.15) is 0 Å². The van der Waals surface area contributed by atoms with Crippen molar-refractivity contribution in [2.24, 2.45) is 0 Å². The number of anilines is 1. The molecular weight excluding hydrogens is 260 g/mol. The second-order valence-corrected chi connectivity index (χ2v) is 6.61. The molecule has 2 aliphatic rings. The molecule has 0 N–H and O–H groups in total. The van der Waals surface area contributed by atoms with Gasteiger partial charge in [0, 0.05) is 24.2 Å². The normalized spacial score (nSPS) is 25.9. The maximum Gasteiger partial charge on any atom is 0.227 e. The van der Waals surface area contributed by atoms with Gasteiger partial charge in [-0.05, 0) is 57.8 Å². The Morgan fingerprint density at radius 3 is 2.90 bits per heavy atom. The number of benzene rings is 1. The van der Waals surface area contributed by atoms with E-state index in [4.69, 9.17) is 0 Å². The second-order valence-electron chi connectivity index (χ2n) is 6.61. The van der Waals surface area contributed by atoms with Gasteiger partial charge < -0.3 is 9.80 Å². The van der Waals surface area contributed by atoms with Crippen LogP contribution in [0.4, 0.5) is 5.69 Å². The van der Waals surface area contributed by atoms with E-state index < -0.39 is 0 Å². The molecule has 3 rings (SSSR count). The number of hydrogen-bond acceptors (Lipinski definition) is 2. The summed E-state index contributed by atoms with van der Waals surface area (Å²) in [4.78, 5) is 17.1. The minimum atomic E-state index is 0.298. The van der Waals surface area contributed by atoms with Crippen LogP contribution in [-0.2, 0) is 11.2 Å². The molecular formula is C18H26N2O. The van der Waals surface area contributed by atoms with Crippen LogP contribution in [0.1, 0.15) is 44.6 Å². The number of para-hydroxylation sites is 1. The Balaban J connectivity index is 1.63. The average Bonchev–Trinajstić information content (AvgIpc) is 2.82. The summed E-state index contributed by atoms with van der Waals surface area (Å²) in [5, 5.41) is 0. The molecule has 1 aromatic rings. The topological polar surface area (TPSA) is 23.6 Å². The third-order valence-electron chi connectivity index (χ3n) is 5.09. The van der Waals surface area contributed by atoms with Gasteiger partial charge in [0.1, 0.15) is 0 Å². The van der Waals surface area contributed by atoms with Gasteiger partial charge in [0.2, 0.25) is 5.91 Å². The summed E-state index contributed by atoms with van der Waals surface area (Å²) >= 11 is 0. The molecule has 2 heterocycles. The monoisotopic (exact) mass is 286 g/mol. The summed E-state index contributed by atoms with van der Waals surface area (Å²) < 4.78 is 0. The number of hydrogen-bond donors (Lipinski definition) is 0. The quantitative estimate of drug-likeness (QED) is 0.851. The molecule has 114 valence electrons. The van der Waals surface area contributed by atoms with Crippen LogP contribution in [0.25, 0.3) is 0 Å². The first kappa shape index (κ1) is 14.6. The molecule has 1 aromatic carbocycles.